The van der Waals surface area contributed by atoms with E-state index in [1.807, 2.05) is 13.8 Å². The first-order chi connectivity index (χ1) is 14.2. The van der Waals surface area contributed by atoms with Crippen molar-refractivity contribution in [1.29, 1.82) is 0 Å². The predicted octanol–water partition coefficient (Wildman–Crippen LogP) is 5.45. The van der Waals surface area contributed by atoms with Crippen LogP contribution in [-0.4, -0.2) is 32.2 Å². The third kappa shape index (κ3) is 3.92. The standard InChI is InChI=1S/C21H20F3N5O.CH4.H2S/c1-11-10-28(15-7-5-14(6-8-15)21(22,23)24)20(30)18-16(9-25-29(11)18)17-12(2)26-19(27-17)13-3-4-13;;/h5-9,11,13H,3-4,10H2,1-2H3,(H,26,27);1H4;1H2/t11-;;/m0../s1. The number of rotatable bonds is 3. The van der Waals surface area contributed by atoms with Crippen molar-refractivity contribution in [3.05, 3.63) is 53.2 Å². The maximum Gasteiger partial charge on any atom is 0.416 e. The third-order valence-electron chi connectivity index (χ3n) is 5.74. The highest BCUT2D eigenvalue weighted by atomic mass is 32.1. The van der Waals surface area contributed by atoms with E-state index in [0.29, 0.717) is 35.1 Å². The summed E-state index contributed by atoms with van der Waals surface area (Å²) in [6.45, 7) is 4.17. The van der Waals surface area contributed by atoms with Gasteiger partial charge >= 0.3 is 6.18 Å². The van der Waals surface area contributed by atoms with Crippen molar-refractivity contribution in [2.75, 3.05) is 11.4 Å². The lowest BCUT2D eigenvalue weighted by Crippen LogP contribution is -2.42. The van der Waals surface area contributed by atoms with E-state index in [2.05, 4.69) is 10.1 Å². The molecule has 0 radical (unpaired) electrons. The highest BCUT2D eigenvalue weighted by molar-refractivity contribution is 7.59. The first-order valence-electron chi connectivity index (χ1n) is 9.87. The maximum absolute atomic E-state index is 13.4. The van der Waals surface area contributed by atoms with Crippen LogP contribution in [0.2, 0.25) is 0 Å². The van der Waals surface area contributed by atoms with Crippen molar-refractivity contribution in [3.8, 4) is 11.3 Å². The molecule has 1 amide bonds. The summed E-state index contributed by atoms with van der Waals surface area (Å²) in [7, 11) is 0. The van der Waals surface area contributed by atoms with Gasteiger partial charge in [-0.15, -0.1) is 0 Å². The summed E-state index contributed by atoms with van der Waals surface area (Å²) in [5.41, 5.74) is 2.31. The number of nitrogens with zero attached hydrogens (tertiary/aromatic N) is 4. The molecule has 3 heterocycles. The average Bonchev–Trinajstić information content (AvgIpc) is 3.33. The number of carbonyl (C=O) groups excluding carboxylic acids is 1. The molecule has 10 heteroatoms. The average molecular weight is 466 g/mol. The van der Waals surface area contributed by atoms with Gasteiger partial charge in [-0.2, -0.15) is 31.8 Å². The summed E-state index contributed by atoms with van der Waals surface area (Å²) < 4.78 is 40.4. The van der Waals surface area contributed by atoms with Gasteiger partial charge in [-0.25, -0.2) is 4.98 Å². The number of nitrogens with one attached hydrogen (secondary N) is 1. The maximum atomic E-state index is 13.4. The largest absolute Gasteiger partial charge is 0.416 e. The number of aryl methyl sites for hydroxylation is 1. The van der Waals surface area contributed by atoms with Gasteiger partial charge in [0, 0.05) is 23.8 Å². The minimum absolute atomic E-state index is 0. The molecule has 3 aromatic rings. The number of anilines is 1. The number of amides is 1. The molecule has 172 valence electrons. The van der Waals surface area contributed by atoms with Gasteiger partial charge in [0.25, 0.3) is 5.91 Å². The molecule has 1 aliphatic carbocycles. The number of H-pyrrole nitrogens is 1. The quantitative estimate of drug-likeness (QED) is 0.560. The predicted molar refractivity (Wildman–Crippen MR) is 121 cm³/mol. The first kappa shape index (κ1) is 23.9. The van der Waals surface area contributed by atoms with E-state index < -0.39 is 11.7 Å². The summed E-state index contributed by atoms with van der Waals surface area (Å²) in [4.78, 5) is 22.9. The van der Waals surface area contributed by atoms with E-state index in [0.717, 1.165) is 36.5 Å². The number of aromatic nitrogens is 4. The number of aromatic amines is 1. The van der Waals surface area contributed by atoms with Gasteiger partial charge in [0.2, 0.25) is 0 Å². The van der Waals surface area contributed by atoms with Crippen molar-refractivity contribution in [2.45, 2.75) is 52.3 Å². The zero-order chi connectivity index (χ0) is 21.2. The van der Waals surface area contributed by atoms with Gasteiger partial charge in [0.1, 0.15) is 11.5 Å². The Bertz CT molecular complexity index is 1130. The molecule has 1 N–H and O–H groups in total. The second kappa shape index (κ2) is 8.31. The topological polar surface area (TPSA) is 66.8 Å². The van der Waals surface area contributed by atoms with E-state index in [-0.39, 0.29) is 32.9 Å². The summed E-state index contributed by atoms with van der Waals surface area (Å²) in [5, 5.41) is 4.42. The van der Waals surface area contributed by atoms with Crippen LogP contribution in [0, 0.1) is 6.92 Å². The summed E-state index contributed by atoms with van der Waals surface area (Å²) in [6, 6.07) is 4.55. The second-order valence-electron chi connectivity index (χ2n) is 8.03. The van der Waals surface area contributed by atoms with Crippen LogP contribution in [0.5, 0.6) is 0 Å². The summed E-state index contributed by atoms with van der Waals surface area (Å²) in [5.74, 6) is 1.08. The zero-order valence-electron chi connectivity index (χ0n) is 17.0. The Hall–Kier alpha value is -2.75. The Morgan fingerprint density at radius 3 is 2.41 bits per heavy atom. The fraction of sp³-hybridized carbons (Fsp3) is 0.409. The lowest BCUT2D eigenvalue weighted by atomic mass is 10.1. The highest BCUT2D eigenvalue weighted by Gasteiger charge is 2.36. The van der Waals surface area contributed by atoms with Crippen LogP contribution in [0.1, 0.15) is 66.7 Å². The van der Waals surface area contributed by atoms with E-state index in [4.69, 9.17) is 4.98 Å². The highest BCUT2D eigenvalue weighted by Crippen LogP contribution is 2.41. The minimum Gasteiger partial charge on any atom is -0.345 e. The van der Waals surface area contributed by atoms with E-state index in [1.165, 1.54) is 17.0 Å². The van der Waals surface area contributed by atoms with Crippen molar-refractivity contribution >= 4 is 25.1 Å². The lowest BCUT2D eigenvalue weighted by Gasteiger charge is -2.32. The van der Waals surface area contributed by atoms with Gasteiger partial charge < -0.3 is 9.88 Å². The molecule has 1 fully saturated rings. The number of hydrogen-bond donors (Lipinski definition) is 1. The van der Waals surface area contributed by atoms with Crippen LogP contribution in [0.25, 0.3) is 11.3 Å². The molecule has 5 rings (SSSR count). The molecule has 1 aliphatic heterocycles. The van der Waals surface area contributed by atoms with Crippen LogP contribution in [0.4, 0.5) is 18.9 Å². The molecule has 1 atom stereocenters. The Balaban J connectivity index is 0.00000144. The van der Waals surface area contributed by atoms with Crippen LogP contribution < -0.4 is 4.90 Å². The van der Waals surface area contributed by atoms with E-state index >= 15 is 0 Å². The smallest absolute Gasteiger partial charge is 0.345 e. The number of halogens is 3. The molecule has 6 nitrogen and oxygen atoms in total. The van der Waals surface area contributed by atoms with Crippen LogP contribution >= 0.6 is 13.5 Å². The number of hydrogen-bond acceptors (Lipinski definition) is 3. The van der Waals surface area contributed by atoms with Gasteiger partial charge in [0.05, 0.1) is 29.1 Å². The monoisotopic (exact) mass is 465 g/mol. The van der Waals surface area contributed by atoms with Gasteiger partial charge in [-0.05, 0) is 51.0 Å². The molecule has 2 aliphatic rings. The number of benzene rings is 1. The fourth-order valence-electron chi connectivity index (χ4n) is 3.98. The molecule has 32 heavy (non-hydrogen) atoms. The third-order valence-corrected chi connectivity index (χ3v) is 5.74. The molecule has 0 unspecified atom stereocenters. The lowest BCUT2D eigenvalue weighted by molar-refractivity contribution is -0.137. The molecule has 0 spiro atoms. The van der Waals surface area contributed by atoms with Crippen LogP contribution in [0.15, 0.2) is 30.5 Å². The van der Waals surface area contributed by atoms with Crippen molar-refractivity contribution < 1.29 is 18.0 Å². The molecule has 2 aromatic heterocycles. The molecule has 1 aromatic carbocycles. The molecular formula is C22H26F3N5OS. The molecule has 0 bridgehead atoms. The summed E-state index contributed by atoms with van der Waals surface area (Å²) in [6.07, 6.45) is -0.549. The van der Waals surface area contributed by atoms with Gasteiger partial charge in [-0.3, -0.25) is 9.48 Å². The number of imidazole rings is 1. The van der Waals surface area contributed by atoms with Crippen LogP contribution in [-0.2, 0) is 6.18 Å². The Morgan fingerprint density at radius 1 is 1.16 bits per heavy atom. The van der Waals surface area contributed by atoms with Crippen molar-refractivity contribution in [1.82, 2.24) is 19.7 Å². The van der Waals surface area contributed by atoms with Gasteiger partial charge in [-0.1, -0.05) is 7.43 Å². The normalized spacial score (nSPS) is 18.1. The van der Waals surface area contributed by atoms with Gasteiger partial charge in [0.15, 0.2) is 0 Å². The molecule has 1 saturated carbocycles. The zero-order valence-corrected chi connectivity index (χ0v) is 18.0. The first-order valence-corrected chi connectivity index (χ1v) is 9.87. The Morgan fingerprint density at radius 2 is 1.81 bits per heavy atom. The summed E-state index contributed by atoms with van der Waals surface area (Å²) >= 11 is 0. The van der Waals surface area contributed by atoms with Crippen molar-refractivity contribution in [2.24, 2.45) is 0 Å². The van der Waals surface area contributed by atoms with E-state index in [9.17, 15) is 18.0 Å². The SMILES string of the molecule is C.Cc1[nH]c(C2CC2)nc1-c1cnn2c1C(=O)N(c1ccc(C(F)(F)F)cc1)C[C@@H]2C.S. The molecule has 0 saturated heterocycles. The Kier molecular flexibility index (Phi) is 6.21. The molecular weight excluding hydrogens is 439 g/mol. The second-order valence-corrected chi connectivity index (χ2v) is 8.03. The number of alkyl halides is 3. The fourth-order valence-corrected chi connectivity index (χ4v) is 3.98. The number of fused-ring (bicyclic) bond motifs is 1. The minimum atomic E-state index is -4.42. The van der Waals surface area contributed by atoms with Crippen molar-refractivity contribution in [3.63, 3.8) is 0 Å². The Labute approximate surface area is 191 Å². The van der Waals surface area contributed by atoms with E-state index in [1.54, 1.807) is 10.9 Å². The van der Waals surface area contributed by atoms with Crippen LogP contribution in [0.3, 0.4) is 0 Å². The number of carbonyl (C=O) groups is 1.